The maximum Gasteiger partial charge on any atom is 0.572 e. The number of nitrogens with zero attached hydrogens (tertiary/aromatic N) is 2. The van der Waals surface area contributed by atoms with Gasteiger partial charge >= 0.3 is 59.8 Å². The Bertz CT molecular complexity index is 1060. The van der Waals surface area contributed by atoms with Crippen molar-refractivity contribution in [3.8, 4) is 0 Å². The summed E-state index contributed by atoms with van der Waals surface area (Å²) in [6, 6.07) is -6.40. The van der Waals surface area contributed by atoms with Crippen molar-refractivity contribution < 1.29 is 105 Å². The minimum atomic E-state index is -7.43. The van der Waals surface area contributed by atoms with Crippen molar-refractivity contribution in [3.63, 3.8) is 0 Å². The first-order valence-electron chi connectivity index (χ1n) is 7.08. The van der Waals surface area contributed by atoms with Crippen LogP contribution in [0.25, 0.3) is 0 Å². The molecule has 1 rings (SSSR count). The number of halogens is 20. The molecule has 0 N–H and O–H groups in total. The van der Waals surface area contributed by atoms with Crippen molar-refractivity contribution in [1.82, 2.24) is 4.57 Å². The minimum absolute atomic E-state index is 2.22. The molecular formula is C10F20N2O3S. The van der Waals surface area contributed by atoms with Gasteiger partial charge in [0, 0.05) is 0 Å². The number of hydrogen-bond donors (Lipinski definition) is 0. The average molecular weight is 608 g/mol. The molecule has 36 heavy (non-hydrogen) atoms. The Labute approximate surface area is 181 Å². The first-order valence-corrected chi connectivity index (χ1v) is 8.48. The lowest BCUT2D eigenvalue weighted by Gasteiger charge is -2.34. The van der Waals surface area contributed by atoms with E-state index in [9.17, 15) is 101 Å². The molecule has 0 saturated carbocycles. The van der Waals surface area contributed by atoms with Crippen LogP contribution in [0, 0.1) is 18.0 Å². The van der Waals surface area contributed by atoms with Gasteiger partial charge in [-0.15, -0.1) is 17.6 Å². The lowest BCUT2D eigenvalue weighted by atomic mass is 10.1. The third-order valence-corrected chi connectivity index (χ3v) is 4.12. The fourth-order valence-corrected chi connectivity index (χ4v) is 1.99. The highest BCUT2D eigenvalue weighted by atomic mass is 32.2. The van der Waals surface area contributed by atoms with Crippen LogP contribution in [-0.4, -0.2) is 47.0 Å². The number of alkyl halides is 17. The average Bonchev–Trinajstić information content (AvgIpc) is 2.81. The Balaban J connectivity index is 0.000000686. The SMILES string of the molecule is Fc1c(F)[n+](C(F)(F)C(F)(F)F)c(F)n1C(F)(F)F.O=S(=O)([O-])C(F)(F)C(F)(F)C(F)(F)C(F)(F)F. The monoisotopic (exact) mass is 608 g/mol. The predicted molar refractivity (Wildman–Crippen MR) is 62.6 cm³/mol. The second-order valence-electron chi connectivity index (χ2n) is 5.65. The maximum atomic E-state index is 12.8. The van der Waals surface area contributed by atoms with E-state index in [2.05, 4.69) is 0 Å². The summed E-state index contributed by atoms with van der Waals surface area (Å²) >= 11 is 0. The molecule has 1 heterocycles. The van der Waals surface area contributed by atoms with Gasteiger partial charge in [-0.25, -0.2) is 8.42 Å². The molecule has 1 aromatic heterocycles. The van der Waals surface area contributed by atoms with Gasteiger partial charge in [0.1, 0.15) is 0 Å². The Morgan fingerprint density at radius 3 is 1.22 bits per heavy atom. The Morgan fingerprint density at radius 2 is 1.00 bits per heavy atom. The van der Waals surface area contributed by atoms with Crippen LogP contribution in [0.4, 0.5) is 87.8 Å². The van der Waals surface area contributed by atoms with Crippen molar-refractivity contribution in [2.45, 2.75) is 41.8 Å². The molecule has 0 aliphatic heterocycles. The van der Waals surface area contributed by atoms with Gasteiger partial charge in [-0.3, -0.25) is 0 Å². The smallest absolute Gasteiger partial charge is 0.572 e. The van der Waals surface area contributed by atoms with Crippen LogP contribution >= 0.6 is 0 Å². The molecule has 0 atom stereocenters. The van der Waals surface area contributed by atoms with Crippen molar-refractivity contribution in [2.24, 2.45) is 0 Å². The van der Waals surface area contributed by atoms with Crippen LogP contribution in [-0.2, 0) is 22.5 Å². The zero-order valence-corrected chi connectivity index (χ0v) is 15.9. The van der Waals surface area contributed by atoms with E-state index in [1.807, 2.05) is 0 Å². The lowest BCUT2D eigenvalue weighted by Crippen LogP contribution is -2.63. The summed E-state index contributed by atoms with van der Waals surface area (Å²) in [6.07, 6.45) is -23.4. The summed E-state index contributed by atoms with van der Waals surface area (Å²) in [7, 11) is -7.42. The van der Waals surface area contributed by atoms with Gasteiger partial charge in [0.05, 0.1) is 0 Å². The molecule has 0 aromatic carbocycles. The standard InChI is InChI=1S/C6F11N2.C4HF9O3S/c7-1-2(8)19(6(15,16)17)3(9)18(1)5(13,14)4(10,11)12;5-1(6,3(9,10)11)2(7,8)4(12,13)17(14,15)16/h;(H,14,15,16)/q+1;/p-1. The van der Waals surface area contributed by atoms with Crippen LogP contribution in [0.5, 0.6) is 0 Å². The van der Waals surface area contributed by atoms with Crippen molar-refractivity contribution in [2.75, 3.05) is 0 Å². The molecule has 0 aliphatic rings. The van der Waals surface area contributed by atoms with E-state index in [4.69, 9.17) is 0 Å². The van der Waals surface area contributed by atoms with E-state index in [0.717, 1.165) is 0 Å². The molecule has 0 amide bonds. The number of imidazole rings is 1. The summed E-state index contributed by atoms with van der Waals surface area (Å²) in [5.41, 5.74) is 0. The van der Waals surface area contributed by atoms with Crippen LogP contribution in [0.1, 0.15) is 0 Å². The predicted octanol–water partition coefficient (Wildman–Crippen LogP) is 4.74. The second kappa shape index (κ2) is 8.93. The highest BCUT2D eigenvalue weighted by molar-refractivity contribution is 7.86. The maximum absolute atomic E-state index is 12.8. The Kier molecular flexibility index (Phi) is 8.36. The number of hydrogen-bond acceptors (Lipinski definition) is 3. The van der Waals surface area contributed by atoms with E-state index in [-0.39, 0.29) is 0 Å². The quantitative estimate of drug-likeness (QED) is 0.282. The molecule has 0 fully saturated rings. The van der Waals surface area contributed by atoms with Gasteiger partial charge in [-0.05, 0) is 0 Å². The van der Waals surface area contributed by atoms with E-state index >= 15 is 0 Å². The van der Waals surface area contributed by atoms with Gasteiger partial charge < -0.3 is 4.55 Å². The molecule has 0 radical (unpaired) electrons. The van der Waals surface area contributed by atoms with Gasteiger partial charge in [0.15, 0.2) is 10.1 Å². The van der Waals surface area contributed by atoms with E-state index in [0.29, 0.717) is 0 Å². The molecule has 5 nitrogen and oxygen atoms in total. The van der Waals surface area contributed by atoms with Crippen LogP contribution < -0.4 is 4.57 Å². The summed E-state index contributed by atoms with van der Waals surface area (Å²) in [5.74, 6) is -21.4. The summed E-state index contributed by atoms with van der Waals surface area (Å²) < 4.78 is 265. The second-order valence-corrected chi connectivity index (χ2v) is 7.07. The summed E-state index contributed by atoms with van der Waals surface area (Å²) in [4.78, 5) is 0. The van der Waals surface area contributed by atoms with Gasteiger partial charge in [0.2, 0.25) is 0 Å². The van der Waals surface area contributed by atoms with Crippen LogP contribution in [0.3, 0.4) is 0 Å². The van der Waals surface area contributed by atoms with E-state index in [1.165, 1.54) is 0 Å². The third-order valence-electron chi connectivity index (χ3n) is 3.24. The third kappa shape index (κ3) is 5.36. The molecule has 0 bridgehead atoms. The highest BCUT2D eigenvalue weighted by Gasteiger charge is 2.83. The zero-order chi connectivity index (χ0) is 29.9. The molecule has 0 saturated heterocycles. The first kappa shape index (κ1) is 33.7. The number of rotatable bonds is 4. The largest absolute Gasteiger partial charge is 0.743 e. The fourth-order valence-electron chi connectivity index (χ4n) is 1.55. The minimum Gasteiger partial charge on any atom is -0.743 e. The number of aromatic nitrogens is 2. The van der Waals surface area contributed by atoms with E-state index in [1.54, 1.807) is 0 Å². The van der Waals surface area contributed by atoms with E-state index < -0.39 is 79.0 Å². The molecule has 0 aliphatic carbocycles. The molecule has 26 heteroatoms. The fraction of sp³-hybridized carbons (Fsp3) is 0.700. The molecular weight excluding hydrogens is 608 g/mol. The zero-order valence-electron chi connectivity index (χ0n) is 15.1. The van der Waals surface area contributed by atoms with Crippen molar-refractivity contribution in [3.05, 3.63) is 18.0 Å². The molecule has 0 unspecified atom stereocenters. The van der Waals surface area contributed by atoms with Gasteiger partial charge in [0.25, 0.3) is 0 Å². The topological polar surface area (TPSA) is 66.0 Å². The highest BCUT2D eigenvalue weighted by Crippen LogP contribution is 2.54. The Morgan fingerprint density at radius 1 is 0.639 bits per heavy atom. The van der Waals surface area contributed by atoms with Crippen molar-refractivity contribution in [1.29, 1.82) is 0 Å². The van der Waals surface area contributed by atoms with Gasteiger partial charge in [-0.1, -0.05) is 9.13 Å². The van der Waals surface area contributed by atoms with Crippen molar-refractivity contribution >= 4 is 10.1 Å². The van der Waals surface area contributed by atoms with Crippen LogP contribution in [0.2, 0.25) is 0 Å². The molecule has 0 spiro atoms. The molecule has 214 valence electrons. The normalized spacial score (nSPS) is 15.0. The summed E-state index contributed by atoms with van der Waals surface area (Å²) in [5, 5.41) is -7.11. The molecule has 1 aromatic rings. The Hall–Kier alpha value is -2.28. The van der Waals surface area contributed by atoms with Crippen LogP contribution in [0.15, 0.2) is 0 Å². The van der Waals surface area contributed by atoms with Gasteiger partial charge in [-0.2, -0.15) is 70.2 Å². The first-order chi connectivity index (χ1) is 15.2. The lowest BCUT2D eigenvalue weighted by molar-refractivity contribution is -0.886. The summed E-state index contributed by atoms with van der Waals surface area (Å²) in [6.45, 7) is 0.